The predicted octanol–water partition coefficient (Wildman–Crippen LogP) is 4.78. The van der Waals surface area contributed by atoms with Crippen LogP contribution in [0.4, 0.5) is 5.69 Å². The van der Waals surface area contributed by atoms with Crippen molar-refractivity contribution in [3.63, 3.8) is 0 Å². The summed E-state index contributed by atoms with van der Waals surface area (Å²) in [6, 6.07) is 9.89. The number of benzene rings is 1. The summed E-state index contributed by atoms with van der Waals surface area (Å²) >= 11 is 1.41. The SMILES string of the molecule is COP(=O)(OC)C(c1cccs1)c1ccc([N+](=O)[O-])c2cccnc12. The lowest BCUT2D eigenvalue weighted by Gasteiger charge is -2.24. The molecule has 130 valence electrons. The van der Waals surface area contributed by atoms with Gasteiger partial charge in [0.15, 0.2) is 0 Å². The van der Waals surface area contributed by atoms with Gasteiger partial charge in [-0.05, 0) is 35.2 Å². The van der Waals surface area contributed by atoms with Crippen LogP contribution in [0, 0.1) is 10.1 Å². The van der Waals surface area contributed by atoms with Gasteiger partial charge in [-0.3, -0.25) is 19.7 Å². The molecule has 1 atom stereocenters. The molecule has 0 aliphatic heterocycles. The van der Waals surface area contributed by atoms with Gasteiger partial charge in [-0.1, -0.05) is 6.07 Å². The van der Waals surface area contributed by atoms with Crippen molar-refractivity contribution in [1.82, 2.24) is 4.98 Å². The first-order chi connectivity index (χ1) is 12.0. The molecule has 0 radical (unpaired) electrons. The van der Waals surface area contributed by atoms with Gasteiger partial charge < -0.3 is 9.05 Å². The molecule has 7 nitrogen and oxygen atoms in total. The van der Waals surface area contributed by atoms with Crippen LogP contribution in [0.5, 0.6) is 0 Å². The Morgan fingerprint density at radius 1 is 1.20 bits per heavy atom. The maximum absolute atomic E-state index is 13.2. The first kappa shape index (κ1) is 17.7. The van der Waals surface area contributed by atoms with Gasteiger partial charge in [0.1, 0.15) is 5.66 Å². The molecule has 3 rings (SSSR count). The molecule has 0 amide bonds. The Kier molecular flexibility index (Phi) is 4.96. The minimum Gasteiger partial charge on any atom is -0.311 e. The fourth-order valence-electron chi connectivity index (χ4n) is 2.77. The first-order valence-corrected chi connectivity index (χ1v) is 9.77. The zero-order valence-corrected chi connectivity index (χ0v) is 15.2. The highest BCUT2D eigenvalue weighted by atomic mass is 32.1. The van der Waals surface area contributed by atoms with Gasteiger partial charge in [0.05, 0.1) is 15.8 Å². The van der Waals surface area contributed by atoms with E-state index in [-0.39, 0.29) is 5.69 Å². The molecule has 2 heterocycles. The number of hydrogen-bond acceptors (Lipinski definition) is 7. The van der Waals surface area contributed by atoms with Crippen LogP contribution in [-0.4, -0.2) is 24.1 Å². The third-order valence-corrected chi connectivity index (χ3v) is 7.23. The van der Waals surface area contributed by atoms with Crippen molar-refractivity contribution in [3.8, 4) is 0 Å². The van der Waals surface area contributed by atoms with Gasteiger partial charge in [-0.2, -0.15) is 0 Å². The van der Waals surface area contributed by atoms with Crippen LogP contribution in [0.15, 0.2) is 48.0 Å². The van der Waals surface area contributed by atoms with E-state index in [9.17, 15) is 14.7 Å². The normalized spacial score (nSPS) is 13.0. The van der Waals surface area contributed by atoms with Gasteiger partial charge in [0, 0.05) is 31.4 Å². The second-order valence-corrected chi connectivity index (χ2v) is 8.46. The molecule has 0 saturated heterocycles. The zero-order chi connectivity index (χ0) is 18.0. The van der Waals surface area contributed by atoms with Crippen molar-refractivity contribution in [1.29, 1.82) is 0 Å². The van der Waals surface area contributed by atoms with Gasteiger partial charge in [0.2, 0.25) is 0 Å². The molecule has 9 heteroatoms. The highest BCUT2D eigenvalue weighted by Gasteiger charge is 2.39. The first-order valence-electron chi connectivity index (χ1n) is 7.28. The van der Waals surface area contributed by atoms with E-state index in [0.29, 0.717) is 16.5 Å². The molecule has 1 unspecified atom stereocenters. The number of thiophene rings is 1. The average Bonchev–Trinajstić information content (AvgIpc) is 3.15. The van der Waals surface area contributed by atoms with Crippen LogP contribution >= 0.6 is 18.9 Å². The number of nitro benzene ring substituents is 1. The molecule has 25 heavy (non-hydrogen) atoms. The van der Waals surface area contributed by atoms with Crippen molar-refractivity contribution < 1.29 is 18.5 Å². The molecule has 0 aliphatic rings. The van der Waals surface area contributed by atoms with E-state index in [1.54, 1.807) is 24.4 Å². The molecule has 0 spiro atoms. The smallest absolute Gasteiger partial charge is 0.311 e. The summed E-state index contributed by atoms with van der Waals surface area (Å²) in [6.45, 7) is 0. The highest BCUT2D eigenvalue weighted by molar-refractivity contribution is 7.54. The Bertz CT molecular complexity index is 952. The summed E-state index contributed by atoms with van der Waals surface area (Å²) in [7, 11) is -0.894. The number of rotatable bonds is 6. The number of aromatic nitrogens is 1. The second-order valence-electron chi connectivity index (χ2n) is 5.15. The van der Waals surface area contributed by atoms with E-state index in [2.05, 4.69) is 4.98 Å². The van der Waals surface area contributed by atoms with Gasteiger partial charge >= 0.3 is 7.60 Å². The lowest BCUT2D eigenvalue weighted by molar-refractivity contribution is -0.383. The van der Waals surface area contributed by atoms with E-state index < -0.39 is 18.2 Å². The van der Waals surface area contributed by atoms with E-state index in [1.165, 1.54) is 31.6 Å². The van der Waals surface area contributed by atoms with Crippen LogP contribution in [0.25, 0.3) is 10.9 Å². The Morgan fingerprint density at radius 2 is 1.96 bits per heavy atom. The lowest BCUT2D eigenvalue weighted by Crippen LogP contribution is -2.06. The van der Waals surface area contributed by atoms with Crippen molar-refractivity contribution >= 4 is 35.5 Å². The number of nitro groups is 1. The van der Waals surface area contributed by atoms with E-state index in [0.717, 1.165) is 4.88 Å². The molecule has 0 N–H and O–H groups in total. The number of non-ortho nitro benzene ring substituents is 1. The van der Waals surface area contributed by atoms with Crippen molar-refractivity contribution in [3.05, 3.63) is 68.5 Å². The Hall–Kier alpha value is -2.12. The maximum Gasteiger partial charge on any atom is 0.342 e. The molecule has 0 fully saturated rings. The third kappa shape index (κ3) is 3.09. The third-order valence-electron chi connectivity index (χ3n) is 3.91. The molecule has 0 aliphatic carbocycles. The van der Waals surface area contributed by atoms with Crippen molar-refractivity contribution in [2.24, 2.45) is 0 Å². The van der Waals surface area contributed by atoms with Gasteiger partial charge in [-0.15, -0.1) is 11.3 Å². The molecule has 0 bridgehead atoms. The number of nitrogens with zero attached hydrogens (tertiary/aromatic N) is 2. The van der Waals surface area contributed by atoms with Crippen LogP contribution < -0.4 is 0 Å². The molecule has 1 aromatic carbocycles. The highest BCUT2D eigenvalue weighted by Crippen LogP contribution is 2.64. The number of pyridine rings is 1. The summed E-state index contributed by atoms with van der Waals surface area (Å²) in [5, 5.41) is 13.5. The second kappa shape index (κ2) is 7.01. The summed E-state index contributed by atoms with van der Waals surface area (Å²) in [4.78, 5) is 15.9. The Balaban J connectivity index is 2.33. The minimum atomic E-state index is -3.54. The maximum atomic E-state index is 13.2. The summed E-state index contributed by atoms with van der Waals surface area (Å²) in [5.41, 5.74) is 0.197. The van der Waals surface area contributed by atoms with Gasteiger partial charge in [-0.25, -0.2) is 0 Å². The quantitative estimate of drug-likeness (QED) is 0.348. The van der Waals surface area contributed by atoms with Crippen LogP contribution in [0.3, 0.4) is 0 Å². The van der Waals surface area contributed by atoms with Crippen LogP contribution in [0.1, 0.15) is 16.1 Å². The van der Waals surface area contributed by atoms with Crippen molar-refractivity contribution in [2.75, 3.05) is 14.2 Å². The predicted molar refractivity (Wildman–Crippen MR) is 96.2 cm³/mol. The molecule has 3 aromatic rings. The number of hydrogen-bond donors (Lipinski definition) is 0. The molecule has 2 aromatic heterocycles. The summed E-state index contributed by atoms with van der Waals surface area (Å²) < 4.78 is 23.7. The summed E-state index contributed by atoms with van der Waals surface area (Å²) in [5.74, 6) is 0. The fraction of sp³-hybridized carbons (Fsp3) is 0.188. The van der Waals surface area contributed by atoms with Crippen LogP contribution in [-0.2, 0) is 13.6 Å². The molecular weight excluding hydrogens is 363 g/mol. The molecular formula is C16H15N2O5PS. The van der Waals surface area contributed by atoms with E-state index in [4.69, 9.17) is 9.05 Å². The zero-order valence-electron chi connectivity index (χ0n) is 13.5. The van der Waals surface area contributed by atoms with Crippen molar-refractivity contribution in [2.45, 2.75) is 5.66 Å². The van der Waals surface area contributed by atoms with E-state index >= 15 is 0 Å². The largest absolute Gasteiger partial charge is 0.342 e. The Labute approximate surface area is 147 Å². The standard InChI is InChI=1S/C16H15N2O5PS/c1-22-24(21,23-2)16(14-6-4-10-25-14)12-7-8-13(18(19)20)11-5-3-9-17-15(11)12/h3-10,16H,1-2H3. The number of fused-ring (bicyclic) bond motifs is 1. The van der Waals surface area contributed by atoms with Gasteiger partial charge in [0.25, 0.3) is 5.69 Å². The average molecular weight is 378 g/mol. The van der Waals surface area contributed by atoms with E-state index in [1.807, 2.05) is 17.5 Å². The topological polar surface area (TPSA) is 91.6 Å². The molecule has 0 saturated carbocycles. The summed E-state index contributed by atoms with van der Waals surface area (Å²) in [6.07, 6.45) is 1.55. The Morgan fingerprint density at radius 3 is 2.56 bits per heavy atom. The lowest BCUT2D eigenvalue weighted by atomic mass is 10.0. The van der Waals surface area contributed by atoms with Crippen LogP contribution in [0.2, 0.25) is 0 Å². The monoisotopic (exact) mass is 378 g/mol. The minimum absolute atomic E-state index is 0.0542. The fourth-order valence-corrected chi connectivity index (χ4v) is 5.59.